The van der Waals surface area contributed by atoms with Crippen LogP contribution >= 0.6 is 0 Å². The van der Waals surface area contributed by atoms with Crippen LogP contribution < -0.4 is 0 Å². The fraction of sp³-hybridized carbons (Fsp3) is 1.00. The van der Waals surface area contributed by atoms with Crippen LogP contribution in [0.2, 0.25) is 0 Å². The monoisotopic (exact) mass is 416 g/mol. The maximum Gasteiger partial charge on any atom is 0.0575 e. The maximum absolute atomic E-state index is 6.50. The van der Waals surface area contributed by atoms with Gasteiger partial charge in [0.2, 0.25) is 0 Å². The van der Waals surface area contributed by atoms with Gasteiger partial charge in [-0.2, -0.15) is 0 Å². The third-order valence-corrected chi connectivity index (χ3v) is 10.4. The van der Waals surface area contributed by atoms with Gasteiger partial charge < -0.3 is 4.74 Å². The molecule has 0 unspecified atom stereocenters. The lowest BCUT2D eigenvalue weighted by molar-refractivity contribution is -0.0193. The van der Waals surface area contributed by atoms with E-state index in [4.69, 9.17) is 4.74 Å². The van der Waals surface area contributed by atoms with Crippen LogP contribution in [-0.4, -0.2) is 12.7 Å². The Morgan fingerprint density at radius 2 is 0.767 bits per heavy atom. The zero-order valence-corrected chi connectivity index (χ0v) is 20.5. The molecule has 0 heterocycles. The lowest BCUT2D eigenvalue weighted by Crippen LogP contribution is -2.31. The number of rotatable bonds is 7. The van der Waals surface area contributed by atoms with Gasteiger partial charge in [-0.15, -0.1) is 0 Å². The molecule has 0 N–H and O–H groups in total. The minimum atomic E-state index is 0.593. The summed E-state index contributed by atoms with van der Waals surface area (Å²) in [6, 6.07) is 0. The second-order valence-electron chi connectivity index (χ2n) is 12.0. The quantitative estimate of drug-likeness (QED) is 0.403. The van der Waals surface area contributed by atoms with Crippen LogP contribution in [0.25, 0.3) is 0 Å². The van der Waals surface area contributed by atoms with Gasteiger partial charge in [-0.1, -0.05) is 52.4 Å². The standard InChI is InChI=1S/C29H52O/c1-3-22-5-11-25(12-6-22)27-15-9-24(10-16-27)21-30-29-19-17-28(18-20-29)26-13-7-23(4-2)8-14-26/h22-29H,3-21H2,1-2H3. The van der Waals surface area contributed by atoms with Crippen molar-refractivity contribution in [3.8, 4) is 0 Å². The summed E-state index contributed by atoms with van der Waals surface area (Å²) in [5.41, 5.74) is 0. The van der Waals surface area contributed by atoms with E-state index in [9.17, 15) is 0 Å². The van der Waals surface area contributed by atoms with Crippen molar-refractivity contribution >= 4 is 0 Å². The zero-order valence-electron chi connectivity index (χ0n) is 20.5. The first-order valence-electron chi connectivity index (χ1n) is 14.4. The third kappa shape index (κ3) is 6.26. The summed E-state index contributed by atoms with van der Waals surface area (Å²) in [5.74, 6) is 7.16. The lowest BCUT2D eigenvalue weighted by atomic mass is 9.69. The molecule has 0 saturated heterocycles. The Hall–Kier alpha value is -0.0400. The normalized spacial score (nSPS) is 43.4. The van der Waals surface area contributed by atoms with Gasteiger partial charge in [0, 0.05) is 6.61 Å². The van der Waals surface area contributed by atoms with Gasteiger partial charge in [0.15, 0.2) is 0 Å². The number of hydrogen-bond acceptors (Lipinski definition) is 1. The Kier molecular flexibility index (Phi) is 9.03. The fourth-order valence-corrected chi connectivity index (χ4v) is 7.96. The highest BCUT2D eigenvalue weighted by molar-refractivity contribution is 4.84. The molecular formula is C29H52O. The average Bonchev–Trinajstić information content (AvgIpc) is 2.83. The molecule has 0 amide bonds. The first kappa shape index (κ1) is 23.1. The molecule has 1 nitrogen and oxygen atoms in total. The Balaban J connectivity index is 1.08. The molecule has 4 rings (SSSR count). The number of ether oxygens (including phenoxy) is 1. The summed E-state index contributed by atoms with van der Waals surface area (Å²) >= 11 is 0. The van der Waals surface area contributed by atoms with Gasteiger partial charge in [-0.3, -0.25) is 0 Å². The Labute approximate surface area is 188 Å². The largest absolute Gasteiger partial charge is 0.378 e. The van der Waals surface area contributed by atoms with Gasteiger partial charge in [-0.05, 0) is 118 Å². The van der Waals surface area contributed by atoms with E-state index in [-0.39, 0.29) is 0 Å². The summed E-state index contributed by atoms with van der Waals surface area (Å²) < 4.78 is 6.50. The van der Waals surface area contributed by atoms with Gasteiger partial charge >= 0.3 is 0 Å². The highest BCUT2D eigenvalue weighted by atomic mass is 16.5. The second-order valence-corrected chi connectivity index (χ2v) is 12.0. The van der Waals surface area contributed by atoms with Crippen molar-refractivity contribution in [3.63, 3.8) is 0 Å². The Bertz CT molecular complexity index is 411. The Morgan fingerprint density at radius 1 is 0.433 bits per heavy atom. The van der Waals surface area contributed by atoms with Crippen LogP contribution in [0.4, 0.5) is 0 Å². The van der Waals surface area contributed by atoms with Gasteiger partial charge in [0.1, 0.15) is 0 Å². The van der Waals surface area contributed by atoms with Crippen LogP contribution in [-0.2, 0) is 4.74 Å². The van der Waals surface area contributed by atoms with Crippen LogP contribution in [0.15, 0.2) is 0 Å². The van der Waals surface area contributed by atoms with E-state index in [2.05, 4.69) is 13.8 Å². The van der Waals surface area contributed by atoms with Gasteiger partial charge in [-0.25, -0.2) is 0 Å². The molecule has 0 aromatic rings. The molecule has 0 atom stereocenters. The maximum atomic E-state index is 6.50. The van der Waals surface area contributed by atoms with E-state index in [1.807, 2.05) is 0 Å². The summed E-state index contributed by atoms with van der Waals surface area (Å²) in [6.45, 7) is 5.85. The van der Waals surface area contributed by atoms with Crippen molar-refractivity contribution in [2.45, 2.75) is 136 Å². The van der Waals surface area contributed by atoms with Gasteiger partial charge in [0.25, 0.3) is 0 Å². The zero-order chi connectivity index (χ0) is 20.8. The van der Waals surface area contributed by atoms with Crippen LogP contribution in [0.1, 0.15) is 129 Å². The molecule has 0 aromatic carbocycles. The molecule has 4 saturated carbocycles. The van der Waals surface area contributed by atoms with E-state index in [1.165, 1.54) is 116 Å². The molecule has 4 aliphatic rings. The molecule has 0 aromatic heterocycles. The lowest BCUT2D eigenvalue weighted by Gasteiger charge is -2.39. The summed E-state index contributed by atoms with van der Waals surface area (Å²) in [5, 5.41) is 0. The van der Waals surface area contributed by atoms with Crippen LogP contribution in [0.5, 0.6) is 0 Å². The van der Waals surface area contributed by atoms with Gasteiger partial charge in [0.05, 0.1) is 6.10 Å². The molecule has 30 heavy (non-hydrogen) atoms. The van der Waals surface area contributed by atoms with Crippen molar-refractivity contribution in [1.29, 1.82) is 0 Å². The first-order valence-corrected chi connectivity index (χ1v) is 14.4. The molecular weight excluding hydrogens is 364 g/mol. The first-order chi connectivity index (χ1) is 14.7. The highest BCUT2D eigenvalue weighted by Crippen LogP contribution is 2.43. The summed E-state index contributed by atoms with van der Waals surface area (Å²) in [6.07, 6.45) is 27.1. The molecule has 1 heteroatoms. The fourth-order valence-electron chi connectivity index (χ4n) is 7.96. The molecule has 174 valence electrons. The van der Waals surface area contributed by atoms with E-state index < -0.39 is 0 Å². The molecule has 0 bridgehead atoms. The predicted molar refractivity (Wildman–Crippen MR) is 129 cm³/mol. The topological polar surface area (TPSA) is 9.23 Å². The van der Waals surface area contributed by atoms with Crippen molar-refractivity contribution in [1.82, 2.24) is 0 Å². The molecule has 0 radical (unpaired) electrons. The van der Waals surface area contributed by atoms with E-state index in [0.717, 1.165) is 48.0 Å². The Morgan fingerprint density at radius 3 is 1.13 bits per heavy atom. The van der Waals surface area contributed by atoms with Crippen LogP contribution in [0, 0.1) is 41.4 Å². The molecule has 0 aliphatic heterocycles. The van der Waals surface area contributed by atoms with E-state index >= 15 is 0 Å². The summed E-state index contributed by atoms with van der Waals surface area (Å²) in [4.78, 5) is 0. The average molecular weight is 417 g/mol. The highest BCUT2D eigenvalue weighted by Gasteiger charge is 2.33. The van der Waals surface area contributed by atoms with Crippen LogP contribution in [0.3, 0.4) is 0 Å². The third-order valence-electron chi connectivity index (χ3n) is 10.4. The molecule has 4 fully saturated rings. The molecule has 4 aliphatic carbocycles. The molecule has 0 spiro atoms. The van der Waals surface area contributed by atoms with Crippen molar-refractivity contribution < 1.29 is 4.74 Å². The second kappa shape index (κ2) is 11.7. The SMILES string of the molecule is CCC1CCC(C2CCC(COC3CCC(C4CCC(CC)CC4)CC3)CC2)CC1. The minimum absolute atomic E-state index is 0.593. The van der Waals surface area contributed by atoms with E-state index in [1.54, 1.807) is 0 Å². The van der Waals surface area contributed by atoms with Crippen molar-refractivity contribution in [2.75, 3.05) is 6.61 Å². The van der Waals surface area contributed by atoms with Crippen molar-refractivity contribution in [2.24, 2.45) is 41.4 Å². The summed E-state index contributed by atoms with van der Waals surface area (Å²) in [7, 11) is 0. The number of hydrogen-bond donors (Lipinski definition) is 0. The minimum Gasteiger partial charge on any atom is -0.378 e. The van der Waals surface area contributed by atoms with Crippen molar-refractivity contribution in [3.05, 3.63) is 0 Å². The predicted octanol–water partition coefficient (Wildman–Crippen LogP) is 8.80. The van der Waals surface area contributed by atoms with E-state index in [0.29, 0.717) is 6.10 Å². The smallest absolute Gasteiger partial charge is 0.0575 e.